The molecule has 1 heterocycles. The Bertz CT molecular complexity index is 449. The average molecular weight is 302 g/mol. The molecular formula is C12H13BrFNO2. The zero-order valence-corrected chi connectivity index (χ0v) is 10.8. The highest BCUT2D eigenvalue weighted by Crippen LogP contribution is 2.40. The molecule has 0 spiro atoms. The molecule has 0 fully saturated rings. The standard InChI is InChI=1S/C12H13BrFNO2/c13-10-11(14)8(3-1-4-15)7-9-12(10)17-6-2-5-16-9/h1,3,7H,2,4-6,15H2/b3-1+. The van der Waals surface area contributed by atoms with Gasteiger partial charge in [-0.1, -0.05) is 12.2 Å². The Labute approximate surface area is 108 Å². The van der Waals surface area contributed by atoms with Gasteiger partial charge in [-0.25, -0.2) is 4.39 Å². The van der Waals surface area contributed by atoms with Gasteiger partial charge in [0.05, 0.1) is 17.7 Å². The van der Waals surface area contributed by atoms with E-state index in [0.717, 1.165) is 6.42 Å². The molecule has 2 N–H and O–H groups in total. The molecule has 92 valence electrons. The van der Waals surface area contributed by atoms with E-state index in [9.17, 15) is 4.39 Å². The minimum absolute atomic E-state index is 0.300. The highest BCUT2D eigenvalue weighted by Gasteiger charge is 2.19. The number of ether oxygens (including phenoxy) is 2. The molecule has 1 aliphatic rings. The lowest BCUT2D eigenvalue weighted by atomic mass is 10.1. The van der Waals surface area contributed by atoms with Gasteiger partial charge in [-0.05, 0) is 22.0 Å². The van der Waals surface area contributed by atoms with Crippen LogP contribution in [-0.2, 0) is 0 Å². The maximum Gasteiger partial charge on any atom is 0.178 e. The molecule has 1 aromatic rings. The van der Waals surface area contributed by atoms with E-state index in [1.165, 1.54) is 0 Å². The Kier molecular flexibility index (Phi) is 4.02. The number of benzene rings is 1. The van der Waals surface area contributed by atoms with Crippen LogP contribution < -0.4 is 15.2 Å². The van der Waals surface area contributed by atoms with Crippen molar-refractivity contribution in [1.82, 2.24) is 0 Å². The summed E-state index contributed by atoms with van der Waals surface area (Å²) >= 11 is 3.20. The smallest absolute Gasteiger partial charge is 0.178 e. The van der Waals surface area contributed by atoms with Crippen LogP contribution in [0.1, 0.15) is 12.0 Å². The largest absolute Gasteiger partial charge is 0.489 e. The fourth-order valence-corrected chi connectivity index (χ4v) is 2.12. The number of nitrogens with two attached hydrogens (primary N) is 1. The van der Waals surface area contributed by atoms with Crippen LogP contribution in [0.25, 0.3) is 6.08 Å². The molecule has 0 aliphatic carbocycles. The average Bonchev–Trinajstić information content (AvgIpc) is 2.57. The number of rotatable bonds is 2. The van der Waals surface area contributed by atoms with E-state index in [-0.39, 0.29) is 5.82 Å². The summed E-state index contributed by atoms with van der Waals surface area (Å²) < 4.78 is 25.2. The van der Waals surface area contributed by atoms with E-state index in [4.69, 9.17) is 15.2 Å². The van der Waals surface area contributed by atoms with Gasteiger partial charge in [0.1, 0.15) is 5.82 Å². The molecule has 0 saturated carbocycles. The minimum atomic E-state index is -0.362. The SMILES string of the molecule is NC/C=C/c1cc2c(c(Br)c1F)OCCCO2. The third kappa shape index (κ3) is 2.61. The molecule has 0 saturated heterocycles. The van der Waals surface area contributed by atoms with Crippen LogP contribution >= 0.6 is 15.9 Å². The lowest BCUT2D eigenvalue weighted by Crippen LogP contribution is -1.97. The van der Waals surface area contributed by atoms with Crippen LogP contribution in [0.4, 0.5) is 4.39 Å². The molecule has 2 rings (SSSR count). The third-order valence-corrected chi connectivity index (χ3v) is 3.09. The van der Waals surface area contributed by atoms with Crippen molar-refractivity contribution >= 4 is 22.0 Å². The first-order chi connectivity index (χ1) is 8.24. The normalized spacial score (nSPS) is 15.0. The van der Waals surface area contributed by atoms with Crippen molar-refractivity contribution in [2.75, 3.05) is 19.8 Å². The Morgan fingerprint density at radius 1 is 1.41 bits per heavy atom. The summed E-state index contributed by atoms with van der Waals surface area (Å²) in [4.78, 5) is 0. The summed E-state index contributed by atoms with van der Waals surface area (Å²) in [7, 11) is 0. The molecule has 0 radical (unpaired) electrons. The molecule has 0 amide bonds. The van der Waals surface area contributed by atoms with E-state index in [2.05, 4.69) is 15.9 Å². The number of halogens is 2. The van der Waals surface area contributed by atoms with Gasteiger partial charge in [0.2, 0.25) is 0 Å². The van der Waals surface area contributed by atoms with Crippen molar-refractivity contribution < 1.29 is 13.9 Å². The van der Waals surface area contributed by atoms with Gasteiger partial charge in [-0.2, -0.15) is 0 Å². The Hall–Kier alpha value is -1.07. The van der Waals surface area contributed by atoms with Gasteiger partial charge in [0, 0.05) is 18.5 Å². The van der Waals surface area contributed by atoms with Crippen molar-refractivity contribution in [2.24, 2.45) is 5.73 Å². The highest BCUT2D eigenvalue weighted by molar-refractivity contribution is 9.10. The lowest BCUT2D eigenvalue weighted by Gasteiger charge is -2.11. The van der Waals surface area contributed by atoms with Crippen LogP contribution in [0.3, 0.4) is 0 Å². The maximum absolute atomic E-state index is 14.0. The summed E-state index contributed by atoms with van der Waals surface area (Å²) in [5.41, 5.74) is 5.79. The molecule has 0 bridgehead atoms. The molecule has 0 unspecified atom stereocenters. The third-order valence-electron chi connectivity index (χ3n) is 2.38. The fraction of sp³-hybridized carbons (Fsp3) is 0.333. The van der Waals surface area contributed by atoms with Crippen molar-refractivity contribution in [1.29, 1.82) is 0 Å². The Morgan fingerprint density at radius 3 is 2.94 bits per heavy atom. The maximum atomic E-state index is 14.0. The first kappa shape index (κ1) is 12.4. The van der Waals surface area contributed by atoms with E-state index < -0.39 is 0 Å². The number of fused-ring (bicyclic) bond motifs is 1. The lowest BCUT2D eigenvalue weighted by molar-refractivity contribution is 0.296. The van der Waals surface area contributed by atoms with Crippen LogP contribution in [0, 0.1) is 5.82 Å². The summed E-state index contributed by atoms with van der Waals surface area (Å²) in [5, 5.41) is 0. The second-order valence-corrected chi connectivity index (χ2v) is 4.40. The first-order valence-corrected chi connectivity index (χ1v) is 6.17. The summed E-state index contributed by atoms with van der Waals surface area (Å²) in [5.74, 6) is 0.635. The first-order valence-electron chi connectivity index (χ1n) is 5.38. The molecule has 0 atom stereocenters. The van der Waals surface area contributed by atoms with E-state index in [0.29, 0.717) is 41.3 Å². The number of hydrogen-bond acceptors (Lipinski definition) is 3. The second-order valence-electron chi connectivity index (χ2n) is 3.61. The highest BCUT2D eigenvalue weighted by atomic mass is 79.9. The molecule has 1 aliphatic heterocycles. The second kappa shape index (κ2) is 5.51. The van der Waals surface area contributed by atoms with Crippen molar-refractivity contribution in [3.05, 3.63) is 28.0 Å². The topological polar surface area (TPSA) is 44.5 Å². The molecule has 0 aromatic heterocycles. The van der Waals surface area contributed by atoms with E-state index in [1.807, 2.05) is 0 Å². The fourth-order valence-electron chi connectivity index (χ4n) is 1.58. The molecule has 5 heteroatoms. The predicted octanol–water partition coefficient (Wildman–Crippen LogP) is 2.72. The Morgan fingerprint density at radius 2 is 2.18 bits per heavy atom. The van der Waals surface area contributed by atoms with Gasteiger partial charge < -0.3 is 15.2 Å². The van der Waals surface area contributed by atoms with Crippen molar-refractivity contribution in [3.63, 3.8) is 0 Å². The van der Waals surface area contributed by atoms with Gasteiger partial charge in [-0.3, -0.25) is 0 Å². The summed E-state index contributed by atoms with van der Waals surface area (Å²) in [6.45, 7) is 1.47. The van der Waals surface area contributed by atoms with Crippen molar-refractivity contribution in [3.8, 4) is 11.5 Å². The molecule has 1 aromatic carbocycles. The monoisotopic (exact) mass is 301 g/mol. The van der Waals surface area contributed by atoms with E-state index >= 15 is 0 Å². The molecule has 3 nitrogen and oxygen atoms in total. The van der Waals surface area contributed by atoms with Crippen LogP contribution in [0.2, 0.25) is 0 Å². The quantitative estimate of drug-likeness (QED) is 0.913. The molecule has 17 heavy (non-hydrogen) atoms. The predicted molar refractivity (Wildman–Crippen MR) is 67.8 cm³/mol. The summed E-state index contributed by atoms with van der Waals surface area (Å²) in [6.07, 6.45) is 4.11. The van der Waals surface area contributed by atoms with Crippen LogP contribution in [0.15, 0.2) is 16.6 Å². The van der Waals surface area contributed by atoms with Crippen LogP contribution in [-0.4, -0.2) is 19.8 Å². The van der Waals surface area contributed by atoms with Crippen molar-refractivity contribution in [2.45, 2.75) is 6.42 Å². The number of hydrogen-bond donors (Lipinski definition) is 1. The van der Waals surface area contributed by atoms with Gasteiger partial charge in [0.15, 0.2) is 11.5 Å². The van der Waals surface area contributed by atoms with E-state index in [1.54, 1.807) is 18.2 Å². The van der Waals surface area contributed by atoms with Gasteiger partial charge >= 0.3 is 0 Å². The van der Waals surface area contributed by atoms with Gasteiger partial charge in [0.25, 0.3) is 0 Å². The minimum Gasteiger partial charge on any atom is -0.489 e. The molecular weight excluding hydrogens is 289 g/mol. The zero-order chi connectivity index (χ0) is 12.3. The summed E-state index contributed by atoms with van der Waals surface area (Å²) in [6, 6.07) is 1.63. The van der Waals surface area contributed by atoms with Crippen LogP contribution in [0.5, 0.6) is 11.5 Å². The Balaban J connectivity index is 2.47. The van der Waals surface area contributed by atoms with Gasteiger partial charge in [-0.15, -0.1) is 0 Å². The zero-order valence-electron chi connectivity index (χ0n) is 9.21.